The van der Waals surface area contributed by atoms with Crippen LogP contribution in [0, 0.1) is 13.8 Å². The van der Waals surface area contributed by atoms with Crippen LogP contribution in [-0.4, -0.2) is 11.4 Å². The van der Waals surface area contributed by atoms with Crippen LogP contribution in [0.4, 0.5) is 5.69 Å². The highest BCUT2D eigenvalue weighted by atomic mass is 16.1. The molecule has 3 nitrogen and oxygen atoms in total. The van der Waals surface area contributed by atoms with Crippen LogP contribution in [0.2, 0.25) is 0 Å². The van der Waals surface area contributed by atoms with Crippen LogP contribution in [0.25, 0.3) is 0 Å². The lowest BCUT2D eigenvalue weighted by Gasteiger charge is -2.18. The summed E-state index contributed by atoms with van der Waals surface area (Å²) in [6.45, 7) is 7.86. The highest BCUT2D eigenvalue weighted by molar-refractivity contribution is 5.91. The van der Waals surface area contributed by atoms with E-state index in [2.05, 4.69) is 5.32 Å². The molecular formula is C14H22N2O. The Morgan fingerprint density at radius 3 is 2.59 bits per heavy atom. The fraction of sp³-hybridized carbons (Fsp3) is 0.500. The van der Waals surface area contributed by atoms with Crippen LogP contribution >= 0.6 is 0 Å². The van der Waals surface area contributed by atoms with Crippen molar-refractivity contribution in [3.63, 3.8) is 0 Å². The zero-order valence-corrected chi connectivity index (χ0v) is 11.1. The summed E-state index contributed by atoms with van der Waals surface area (Å²) < 4.78 is 0. The predicted molar refractivity (Wildman–Crippen MR) is 72.0 cm³/mol. The van der Waals surface area contributed by atoms with Crippen LogP contribution in [0.3, 0.4) is 0 Å². The molecule has 94 valence electrons. The first kappa shape index (κ1) is 13.7. The first-order valence-corrected chi connectivity index (χ1v) is 5.94. The van der Waals surface area contributed by atoms with Gasteiger partial charge in [-0.2, -0.15) is 0 Å². The van der Waals surface area contributed by atoms with Crippen molar-refractivity contribution < 1.29 is 4.79 Å². The molecule has 0 radical (unpaired) electrons. The number of benzene rings is 1. The van der Waals surface area contributed by atoms with Gasteiger partial charge >= 0.3 is 0 Å². The van der Waals surface area contributed by atoms with E-state index in [1.807, 2.05) is 45.9 Å². The number of amides is 1. The fourth-order valence-corrected chi connectivity index (χ4v) is 1.52. The molecule has 17 heavy (non-hydrogen) atoms. The van der Waals surface area contributed by atoms with E-state index in [1.54, 1.807) is 0 Å². The minimum absolute atomic E-state index is 0.0252. The lowest BCUT2D eigenvalue weighted by Crippen LogP contribution is -2.33. The van der Waals surface area contributed by atoms with Crippen LogP contribution in [0.15, 0.2) is 18.2 Å². The summed E-state index contributed by atoms with van der Waals surface area (Å²) in [7, 11) is 0. The molecule has 0 saturated carbocycles. The molecule has 1 amide bonds. The first-order chi connectivity index (χ1) is 7.78. The average Bonchev–Trinajstić information content (AvgIpc) is 2.20. The van der Waals surface area contributed by atoms with Crippen molar-refractivity contribution in [3.8, 4) is 0 Å². The number of hydrogen-bond acceptors (Lipinski definition) is 2. The van der Waals surface area contributed by atoms with E-state index in [1.165, 1.54) is 0 Å². The molecule has 0 bridgehead atoms. The molecule has 3 N–H and O–H groups in total. The van der Waals surface area contributed by atoms with Crippen molar-refractivity contribution in [3.05, 3.63) is 29.3 Å². The van der Waals surface area contributed by atoms with Gasteiger partial charge in [-0.05, 0) is 51.3 Å². The summed E-state index contributed by atoms with van der Waals surface area (Å²) in [5.74, 6) is 0.0252. The van der Waals surface area contributed by atoms with Crippen LogP contribution < -0.4 is 11.1 Å². The Kier molecular flexibility index (Phi) is 4.29. The van der Waals surface area contributed by atoms with Crippen molar-refractivity contribution in [2.45, 2.75) is 46.1 Å². The Hall–Kier alpha value is -1.35. The average molecular weight is 234 g/mol. The summed E-state index contributed by atoms with van der Waals surface area (Å²) in [5, 5.41) is 2.93. The molecule has 1 aromatic carbocycles. The standard InChI is InChI=1S/C14H22N2O/c1-10-5-6-11(2)12(9-10)16-13(17)7-8-14(3,4)15/h5-6,9H,7-8,15H2,1-4H3,(H,16,17). The number of aryl methyl sites for hydroxylation is 2. The van der Waals surface area contributed by atoms with E-state index in [4.69, 9.17) is 5.73 Å². The second kappa shape index (κ2) is 5.32. The summed E-state index contributed by atoms with van der Waals surface area (Å²) in [5.41, 5.74) is 8.68. The summed E-state index contributed by atoms with van der Waals surface area (Å²) in [4.78, 5) is 11.8. The first-order valence-electron chi connectivity index (χ1n) is 5.94. The molecule has 3 heteroatoms. The third kappa shape index (κ3) is 5.00. The number of nitrogens with one attached hydrogen (secondary N) is 1. The van der Waals surface area contributed by atoms with Gasteiger partial charge in [-0.15, -0.1) is 0 Å². The molecule has 0 fully saturated rings. The summed E-state index contributed by atoms with van der Waals surface area (Å²) in [6.07, 6.45) is 1.14. The molecule has 1 aromatic rings. The van der Waals surface area contributed by atoms with Crippen LogP contribution in [0.5, 0.6) is 0 Å². The van der Waals surface area contributed by atoms with Crippen molar-refractivity contribution in [1.29, 1.82) is 0 Å². The maximum Gasteiger partial charge on any atom is 0.224 e. The van der Waals surface area contributed by atoms with E-state index in [9.17, 15) is 4.79 Å². The zero-order valence-electron chi connectivity index (χ0n) is 11.1. The van der Waals surface area contributed by atoms with Crippen molar-refractivity contribution in [1.82, 2.24) is 0 Å². The molecule has 0 heterocycles. The maximum atomic E-state index is 11.8. The maximum absolute atomic E-state index is 11.8. The van der Waals surface area contributed by atoms with Gasteiger partial charge in [-0.25, -0.2) is 0 Å². The third-order valence-corrected chi connectivity index (χ3v) is 2.66. The number of rotatable bonds is 4. The van der Waals surface area contributed by atoms with Crippen molar-refractivity contribution >= 4 is 11.6 Å². The zero-order chi connectivity index (χ0) is 13.1. The number of anilines is 1. The van der Waals surface area contributed by atoms with Gasteiger partial charge in [-0.3, -0.25) is 4.79 Å². The summed E-state index contributed by atoms with van der Waals surface area (Å²) in [6, 6.07) is 6.03. The van der Waals surface area contributed by atoms with Gasteiger partial charge in [0.25, 0.3) is 0 Å². The van der Waals surface area contributed by atoms with Gasteiger partial charge in [0, 0.05) is 17.6 Å². The predicted octanol–water partition coefficient (Wildman–Crippen LogP) is 2.76. The Labute approximate surface area is 103 Å². The SMILES string of the molecule is Cc1ccc(C)c(NC(=O)CCC(C)(C)N)c1. The third-order valence-electron chi connectivity index (χ3n) is 2.66. The highest BCUT2D eigenvalue weighted by Crippen LogP contribution is 2.17. The summed E-state index contributed by atoms with van der Waals surface area (Å²) >= 11 is 0. The van der Waals surface area contributed by atoms with Crippen molar-refractivity contribution in [2.24, 2.45) is 5.73 Å². The molecule has 0 aliphatic rings. The number of carbonyl (C=O) groups is 1. The quantitative estimate of drug-likeness (QED) is 0.841. The largest absolute Gasteiger partial charge is 0.326 e. The van der Waals surface area contributed by atoms with Crippen LogP contribution in [-0.2, 0) is 4.79 Å². The Morgan fingerprint density at radius 2 is 2.00 bits per heavy atom. The molecule has 0 aromatic heterocycles. The molecule has 0 unspecified atom stereocenters. The molecule has 0 spiro atoms. The van der Waals surface area contributed by atoms with Gasteiger partial charge in [0.2, 0.25) is 5.91 Å². The van der Waals surface area contributed by atoms with E-state index in [0.717, 1.165) is 16.8 Å². The Balaban J connectivity index is 2.59. The van der Waals surface area contributed by atoms with E-state index in [-0.39, 0.29) is 11.4 Å². The van der Waals surface area contributed by atoms with Gasteiger partial charge in [0.15, 0.2) is 0 Å². The number of carbonyl (C=O) groups excluding carboxylic acids is 1. The lowest BCUT2D eigenvalue weighted by atomic mass is 10.00. The Morgan fingerprint density at radius 1 is 1.35 bits per heavy atom. The van der Waals surface area contributed by atoms with E-state index < -0.39 is 0 Å². The van der Waals surface area contributed by atoms with Crippen LogP contribution in [0.1, 0.15) is 37.8 Å². The van der Waals surface area contributed by atoms with Gasteiger partial charge in [0.05, 0.1) is 0 Å². The second-order valence-corrected chi connectivity index (χ2v) is 5.36. The smallest absolute Gasteiger partial charge is 0.224 e. The topological polar surface area (TPSA) is 55.1 Å². The Bertz CT molecular complexity index is 405. The van der Waals surface area contributed by atoms with Gasteiger partial charge in [0.1, 0.15) is 0 Å². The highest BCUT2D eigenvalue weighted by Gasteiger charge is 2.13. The second-order valence-electron chi connectivity index (χ2n) is 5.36. The van der Waals surface area contributed by atoms with Gasteiger partial charge in [-0.1, -0.05) is 12.1 Å². The van der Waals surface area contributed by atoms with Gasteiger partial charge < -0.3 is 11.1 Å². The molecule has 0 aliphatic carbocycles. The number of nitrogens with two attached hydrogens (primary N) is 1. The van der Waals surface area contributed by atoms with Crippen molar-refractivity contribution in [2.75, 3.05) is 5.32 Å². The molecular weight excluding hydrogens is 212 g/mol. The van der Waals surface area contributed by atoms with E-state index in [0.29, 0.717) is 12.8 Å². The molecule has 0 atom stereocenters. The molecule has 0 saturated heterocycles. The fourth-order valence-electron chi connectivity index (χ4n) is 1.52. The molecule has 0 aliphatic heterocycles. The lowest BCUT2D eigenvalue weighted by molar-refractivity contribution is -0.116. The molecule has 1 rings (SSSR count). The normalized spacial score (nSPS) is 11.4. The minimum atomic E-state index is -0.293. The monoisotopic (exact) mass is 234 g/mol. The minimum Gasteiger partial charge on any atom is -0.326 e. The van der Waals surface area contributed by atoms with E-state index >= 15 is 0 Å². The number of hydrogen-bond donors (Lipinski definition) is 2.